The number of nitrogens with two attached hydrogens (primary N) is 1. The topological polar surface area (TPSA) is 85.3 Å². The molecule has 6 heteroatoms. The van der Waals surface area contributed by atoms with E-state index in [1.165, 1.54) is 11.6 Å². The lowest BCUT2D eigenvalue weighted by molar-refractivity contribution is -0.384. The zero-order valence-corrected chi connectivity index (χ0v) is 11.4. The average molecular weight is 272 g/mol. The lowest BCUT2D eigenvalue weighted by Crippen LogP contribution is -2.12. The number of rotatable bonds is 4. The number of hydrogen-bond acceptors (Lipinski definition) is 5. The minimum absolute atomic E-state index is 0.0791. The van der Waals surface area contributed by atoms with E-state index in [2.05, 4.69) is 11.9 Å². The Hall–Kier alpha value is -2.63. The fraction of sp³-hybridized carbons (Fsp3) is 0.214. The summed E-state index contributed by atoms with van der Waals surface area (Å²) >= 11 is 0. The molecule has 0 fully saturated rings. The summed E-state index contributed by atoms with van der Waals surface area (Å²) in [5.74, 6) is 0.488. The molecule has 0 aliphatic carbocycles. The third-order valence-electron chi connectivity index (χ3n) is 3.16. The molecule has 1 aromatic carbocycles. The van der Waals surface area contributed by atoms with Gasteiger partial charge in [-0.2, -0.15) is 0 Å². The van der Waals surface area contributed by atoms with Crippen LogP contribution in [0.1, 0.15) is 12.5 Å². The molecule has 2 aromatic rings. The van der Waals surface area contributed by atoms with Gasteiger partial charge in [0.1, 0.15) is 5.82 Å². The minimum Gasteiger partial charge on any atom is -0.378 e. The Morgan fingerprint density at radius 3 is 2.40 bits per heavy atom. The van der Waals surface area contributed by atoms with Crippen molar-refractivity contribution < 1.29 is 4.92 Å². The Balaban J connectivity index is 2.30. The molecule has 0 unspecified atom stereocenters. The van der Waals surface area contributed by atoms with E-state index in [9.17, 15) is 10.1 Å². The van der Waals surface area contributed by atoms with Gasteiger partial charge in [0.2, 0.25) is 5.82 Å². The number of pyridine rings is 1. The molecule has 2 N–H and O–H groups in total. The van der Waals surface area contributed by atoms with Crippen LogP contribution in [0.5, 0.6) is 0 Å². The van der Waals surface area contributed by atoms with E-state index in [0.717, 1.165) is 12.1 Å². The van der Waals surface area contributed by atoms with Crippen LogP contribution in [0.15, 0.2) is 36.4 Å². The second-order valence-corrected chi connectivity index (χ2v) is 4.41. The van der Waals surface area contributed by atoms with Crippen LogP contribution < -0.4 is 10.6 Å². The van der Waals surface area contributed by atoms with Crippen LogP contribution in [-0.2, 0) is 6.42 Å². The fourth-order valence-corrected chi connectivity index (χ4v) is 1.89. The largest absolute Gasteiger partial charge is 0.378 e. The number of nitrogen functional groups attached to an aromatic ring is 1. The van der Waals surface area contributed by atoms with Crippen LogP contribution in [0.4, 0.5) is 23.0 Å². The summed E-state index contributed by atoms with van der Waals surface area (Å²) in [6.45, 7) is 2.09. The predicted octanol–water partition coefficient (Wildman–Crippen LogP) is 2.90. The minimum atomic E-state index is -0.540. The number of aromatic nitrogens is 1. The zero-order chi connectivity index (χ0) is 14.7. The van der Waals surface area contributed by atoms with Gasteiger partial charge in [-0.25, -0.2) is 4.98 Å². The van der Waals surface area contributed by atoms with E-state index in [-0.39, 0.29) is 11.5 Å². The molecule has 1 aromatic heterocycles. The van der Waals surface area contributed by atoms with Crippen molar-refractivity contribution in [3.63, 3.8) is 0 Å². The van der Waals surface area contributed by atoms with Gasteiger partial charge in [0, 0.05) is 18.8 Å². The lowest BCUT2D eigenvalue weighted by atomic mass is 10.1. The van der Waals surface area contributed by atoms with Crippen molar-refractivity contribution in [2.75, 3.05) is 17.7 Å². The molecule has 6 nitrogen and oxygen atoms in total. The van der Waals surface area contributed by atoms with Crippen molar-refractivity contribution in [1.29, 1.82) is 0 Å². The molecule has 0 aliphatic rings. The highest BCUT2D eigenvalue weighted by atomic mass is 16.6. The van der Waals surface area contributed by atoms with Gasteiger partial charge in [-0.15, -0.1) is 0 Å². The van der Waals surface area contributed by atoms with Crippen molar-refractivity contribution in [3.8, 4) is 0 Å². The smallest absolute Gasteiger partial charge is 0.311 e. The normalized spacial score (nSPS) is 10.3. The van der Waals surface area contributed by atoms with Gasteiger partial charge < -0.3 is 10.6 Å². The summed E-state index contributed by atoms with van der Waals surface area (Å²) in [6.07, 6.45) is 0.979. The van der Waals surface area contributed by atoms with Gasteiger partial charge >= 0.3 is 5.69 Å². The number of nitro groups is 1. The summed E-state index contributed by atoms with van der Waals surface area (Å²) in [5, 5.41) is 10.7. The van der Waals surface area contributed by atoms with E-state index in [0.29, 0.717) is 5.82 Å². The van der Waals surface area contributed by atoms with E-state index in [1.54, 1.807) is 6.07 Å². The first-order valence-corrected chi connectivity index (χ1v) is 6.26. The standard InChI is InChI=1S/C14H16N4O2/c1-3-10-4-6-11(7-5-10)17(2)13-9-8-12(18(19)20)14(15)16-13/h4-9H,3H2,1-2H3,(H2,15,16). The van der Waals surface area contributed by atoms with Crippen molar-refractivity contribution in [1.82, 2.24) is 4.98 Å². The third kappa shape index (κ3) is 2.69. The van der Waals surface area contributed by atoms with Crippen LogP contribution in [0.25, 0.3) is 0 Å². The molecule has 104 valence electrons. The number of aryl methyl sites for hydroxylation is 1. The van der Waals surface area contributed by atoms with Gasteiger partial charge in [0.25, 0.3) is 0 Å². The summed E-state index contributed by atoms with van der Waals surface area (Å²) in [5.41, 5.74) is 7.62. The number of anilines is 3. The van der Waals surface area contributed by atoms with Crippen LogP contribution in [0.3, 0.4) is 0 Å². The first-order valence-electron chi connectivity index (χ1n) is 6.26. The summed E-state index contributed by atoms with van der Waals surface area (Å²) in [4.78, 5) is 16.1. The van der Waals surface area contributed by atoms with E-state index in [4.69, 9.17) is 5.73 Å². The quantitative estimate of drug-likeness (QED) is 0.683. The molecule has 0 radical (unpaired) electrons. The molecular formula is C14H16N4O2. The number of benzene rings is 1. The highest BCUT2D eigenvalue weighted by Crippen LogP contribution is 2.27. The Bertz CT molecular complexity index is 626. The van der Waals surface area contributed by atoms with Crippen LogP contribution in [0.2, 0.25) is 0 Å². The fourth-order valence-electron chi connectivity index (χ4n) is 1.89. The van der Waals surface area contributed by atoms with Crippen LogP contribution >= 0.6 is 0 Å². The number of hydrogen-bond donors (Lipinski definition) is 1. The monoisotopic (exact) mass is 272 g/mol. The maximum atomic E-state index is 10.7. The van der Waals surface area contributed by atoms with Crippen molar-refractivity contribution >= 4 is 23.0 Å². The van der Waals surface area contributed by atoms with Gasteiger partial charge in [-0.3, -0.25) is 10.1 Å². The third-order valence-corrected chi connectivity index (χ3v) is 3.16. The molecule has 1 heterocycles. The average Bonchev–Trinajstić information content (AvgIpc) is 2.46. The van der Waals surface area contributed by atoms with Crippen molar-refractivity contribution in [2.45, 2.75) is 13.3 Å². The van der Waals surface area contributed by atoms with Crippen molar-refractivity contribution in [2.24, 2.45) is 0 Å². The predicted molar refractivity (Wildman–Crippen MR) is 79.2 cm³/mol. The Morgan fingerprint density at radius 1 is 1.25 bits per heavy atom. The van der Waals surface area contributed by atoms with Gasteiger partial charge in [0.05, 0.1) is 4.92 Å². The molecule has 20 heavy (non-hydrogen) atoms. The van der Waals surface area contributed by atoms with Crippen molar-refractivity contribution in [3.05, 3.63) is 52.1 Å². The summed E-state index contributed by atoms with van der Waals surface area (Å²) in [7, 11) is 1.84. The molecule has 0 amide bonds. The number of nitrogens with zero attached hydrogens (tertiary/aromatic N) is 3. The molecule has 0 saturated carbocycles. The van der Waals surface area contributed by atoms with Gasteiger partial charge in [-0.05, 0) is 30.2 Å². The van der Waals surface area contributed by atoms with Gasteiger partial charge in [0.15, 0.2) is 0 Å². The Labute approximate surface area is 117 Å². The first kappa shape index (κ1) is 13.8. The highest BCUT2D eigenvalue weighted by Gasteiger charge is 2.15. The summed E-state index contributed by atoms with van der Waals surface area (Å²) < 4.78 is 0. The molecule has 0 saturated heterocycles. The van der Waals surface area contributed by atoms with E-state index < -0.39 is 4.92 Å². The Kier molecular flexibility index (Phi) is 3.84. The van der Waals surface area contributed by atoms with Gasteiger partial charge in [-0.1, -0.05) is 19.1 Å². The van der Waals surface area contributed by atoms with Crippen LogP contribution in [-0.4, -0.2) is 17.0 Å². The Morgan fingerprint density at radius 2 is 1.90 bits per heavy atom. The highest BCUT2D eigenvalue weighted by molar-refractivity contribution is 5.64. The second kappa shape index (κ2) is 5.56. The maximum Gasteiger partial charge on any atom is 0.311 e. The molecule has 0 spiro atoms. The van der Waals surface area contributed by atoms with Crippen LogP contribution in [0, 0.1) is 10.1 Å². The molecule has 0 atom stereocenters. The van der Waals surface area contributed by atoms with E-state index in [1.807, 2.05) is 36.2 Å². The second-order valence-electron chi connectivity index (χ2n) is 4.41. The maximum absolute atomic E-state index is 10.7. The first-order chi connectivity index (χ1) is 9.52. The lowest BCUT2D eigenvalue weighted by Gasteiger charge is -2.18. The SMILES string of the molecule is CCc1ccc(N(C)c2ccc([N+](=O)[O-])c(N)n2)cc1. The molecule has 0 aliphatic heterocycles. The molecule has 2 rings (SSSR count). The zero-order valence-electron chi connectivity index (χ0n) is 11.4. The molecular weight excluding hydrogens is 256 g/mol. The molecule has 0 bridgehead atoms. The summed E-state index contributed by atoms with van der Waals surface area (Å²) in [6, 6.07) is 11.0. The van der Waals surface area contributed by atoms with E-state index >= 15 is 0 Å².